The average Bonchev–Trinajstić information content (AvgIpc) is 2.79. The summed E-state index contributed by atoms with van der Waals surface area (Å²) in [6.07, 6.45) is 4.42. The van der Waals surface area contributed by atoms with E-state index in [0.717, 1.165) is 24.0 Å². The van der Waals surface area contributed by atoms with Crippen molar-refractivity contribution in [2.75, 3.05) is 11.9 Å². The Balaban J connectivity index is 1.73. The number of nitrogens with one attached hydrogen (secondary N) is 3. The number of hydrogen-bond donors (Lipinski definition) is 3. The molecule has 0 saturated heterocycles. The fourth-order valence-electron chi connectivity index (χ4n) is 3.00. The van der Waals surface area contributed by atoms with Gasteiger partial charge in [-0.3, -0.25) is 25.2 Å². The Morgan fingerprint density at radius 1 is 0.879 bits per heavy atom. The standard InChI is InChI=1S/C25H32BrN3O4/c1-4-5-6-7-14-33-22-11-9-19(16-21(22)26)25(32)29-28-24(31)13-12-23(30)27-20-10-8-17(2)18(3)15-20/h8-11,15-16H,4-7,12-14H2,1-3H3,(H,27,30)(H,28,31)(H,29,32). The monoisotopic (exact) mass is 517 g/mol. The van der Waals surface area contributed by atoms with Crippen molar-refractivity contribution in [3.8, 4) is 5.75 Å². The van der Waals surface area contributed by atoms with Gasteiger partial charge in [-0.15, -0.1) is 0 Å². The van der Waals surface area contributed by atoms with Crippen LogP contribution in [0.3, 0.4) is 0 Å². The third-order valence-corrected chi connectivity index (χ3v) is 5.75. The number of rotatable bonds is 11. The minimum absolute atomic E-state index is 0.00443. The van der Waals surface area contributed by atoms with Gasteiger partial charge in [0.15, 0.2) is 0 Å². The number of carbonyl (C=O) groups is 3. The molecule has 0 bridgehead atoms. The number of amides is 3. The lowest BCUT2D eigenvalue weighted by molar-refractivity contribution is -0.124. The maximum atomic E-state index is 12.3. The molecular formula is C25H32BrN3O4. The molecule has 8 heteroatoms. The summed E-state index contributed by atoms with van der Waals surface area (Å²) in [5.41, 5.74) is 7.98. The lowest BCUT2D eigenvalue weighted by Crippen LogP contribution is -2.41. The second kappa shape index (κ2) is 13.6. The van der Waals surface area contributed by atoms with Gasteiger partial charge in [0.25, 0.3) is 5.91 Å². The zero-order chi connectivity index (χ0) is 24.2. The third-order valence-electron chi connectivity index (χ3n) is 5.13. The molecule has 0 fully saturated rings. The van der Waals surface area contributed by atoms with Gasteiger partial charge in [-0.1, -0.05) is 32.3 Å². The van der Waals surface area contributed by atoms with E-state index in [1.807, 2.05) is 32.0 Å². The molecule has 0 unspecified atom stereocenters. The Hall–Kier alpha value is -2.87. The number of carbonyl (C=O) groups excluding carboxylic acids is 3. The molecule has 2 aromatic carbocycles. The van der Waals surface area contributed by atoms with E-state index >= 15 is 0 Å². The van der Waals surface area contributed by atoms with Gasteiger partial charge >= 0.3 is 0 Å². The summed E-state index contributed by atoms with van der Waals surface area (Å²) in [5, 5.41) is 2.77. The number of aryl methyl sites for hydroxylation is 2. The van der Waals surface area contributed by atoms with Crippen LogP contribution in [0.5, 0.6) is 5.75 Å². The van der Waals surface area contributed by atoms with Crippen LogP contribution in [-0.4, -0.2) is 24.3 Å². The molecule has 3 N–H and O–H groups in total. The molecule has 2 rings (SSSR count). The van der Waals surface area contributed by atoms with Crippen LogP contribution >= 0.6 is 15.9 Å². The van der Waals surface area contributed by atoms with E-state index in [9.17, 15) is 14.4 Å². The molecule has 0 atom stereocenters. The van der Waals surface area contributed by atoms with E-state index in [4.69, 9.17) is 4.74 Å². The Bertz CT molecular complexity index is 978. The van der Waals surface area contributed by atoms with E-state index in [0.29, 0.717) is 28.1 Å². The molecule has 0 aliphatic rings. The lowest BCUT2D eigenvalue weighted by atomic mass is 10.1. The second-order valence-corrected chi connectivity index (χ2v) is 8.76. The largest absolute Gasteiger partial charge is 0.492 e. The smallest absolute Gasteiger partial charge is 0.269 e. The third kappa shape index (κ3) is 9.26. The highest BCUT2D eigenvalue weighted by Crippen LogP contribution is 2.26. The highest BCUT2D eigenvalue weighted by molar-refractivity contribution is 9.10. The maximum Gasteiger partial charge on any atom is 0.269 e. The quantitative estimate of drug-likeness (QED) is 0.281. The number of hydrogen-bond acceptors (Lipinski definition) is 4. The zero-order valence-electron chi connectivity index (χ0n) is 19.4. The number of ether oxygens (including phenoxy) is 1. The normalized spacial score (nSPS) is 10.4. The highest BCUT2D eigenvalue weighted by atomic mass is 79.9. The molecule has 0 aliphatic heterocycles. The maximum absolute atomic E-state index is 12.3. The number of hydrazine groups is 1. The van der Waals surface area contributed by atoms with Gasteiger partial charge in [0.05, 0.1) is 11.1 Å². The first-order valence-corrected chi connectivity index (χ1v) is 12.0. The van der Waals surface area contributed by atoms with Crippen molar-refractivity contribution >= 4 is 39.3 Å². The summed E-state index contributed by atoms with van der Waals surface area (Å²) in [5.74, 6) is -0.515. The van der Waals surface area contributed by atoms with Gasteiger partial charge in [0.2, 0.25) is 11.8 Å². The summed E-state index contributed by atoms with van der Waals surface area (Å²) in [7, 11) is 0. The molecule has 0 aliphatic carbocycles. The molecular weight excluding hydrogens is 486 g/mol. The summed E-state index contributed by atoms with van der Waals surface area (Å²) in [6, 6.07) is 10.6. The number of unbranched alkanes of at least 4 members (excludes halogenated alkanes) is 3. The Morgan fingerprint density at radius 2 is 1.64 bits per heavy atom. The first-order chi connectivity index (χ1) is 15.8. The van der Waals surface area contributed by atoms with E-state index in [1.165, 1.54) is 12.8 Å². The van der Waals surface area contributed by atoms with Crippen molar-refractivity contribution in [2.24, 2.45) is 0 Å². The second-order valence-electron chi connectivity index (χ2n) is 7.90. The van der Waals surface area contributed by atoms with Crippen LogP contribution in [0.1, 0.15) is 66.9 Å². The van der Waals surface area contributed by atoms with Gasteiger partial charge in [-0.05, 0) is 77.7 Å². The zero-order valence-corrected chi connectivity index (χ0v) is 21.0. The van der Waals surface area contributed by atoms with Crippen LogP contribution in [0.2, 0.25) is 0 Å². The fraction of sp³-hybridized carbons (Fsp3) is 0.400. The minimum Gasteiger partial charge on any atom is -0.492 e. The van der Waals surface area contributed by atoms with E-state index in [1.54, 1.807) is 18.2 Å². The summed E-state index contributed by atoms with van der Waals surface area (Å²) in [6.45, 7) is 6.75. The van der Waals surface area contributed by atoms with Crippen LogP contribution in [0.25, 0.3) is 0 Å². The molecule has 2 aromatic rings. The van der Waals surface area contributed by atoms with E-state index < -0.39 is 11.8 Å². The van der Waals surface area contributed by atoms with Crippen molar-refractivity contribution < 1.29 is 19.1 Å². The predicted octanol–water partition coefficient (Wildman–Crippen LogP) is 5.20. The van der Waals surface area contributed by atoms with Crippen LogP contribution in [0.4, 0.5) is 5.69 Å². The molecule has 7 nitrogen and oxygen atoms in total. The van der Waals surface area contributed by atoms with E-state index in [-0.39, 0.29) is 18.7 Å². The highest BCUT2D eigenvalue weighted by Gasteiger charge is 2.12. The molecule has 0 heterocycles. The molecule has 3 amide bonds. The van der Waals surface area contributed by atoms with Crippen LogP contribution in [0, 0.1) is 13.8 Å². The van der Waals surface area contributed by atoms with Crippen molar-refractivity contribution in [1.82, 2.24) is 10.9 Å². The SMILES string of the molecule is CCCCCCOc1ccc(C(=O)NNC(=O)CCC(=O)Nc2ccc(C)c(C)c2)cc1Br. The van der Waals surface area contributed by atoms with Crippen LogP contribution in [0.15, 0.2) is 40.9 Å². The van der Waals surface area contributed by atoms with Gasteiger partial charge in [0, 0.05) is 24.1 Å². The first kappa shape index (κ1) is 26.4. The first-order valence-electron chi connectivity index (χ1n) is 11.2. The summed E-state index contributed by atoms with van der Waals surface area (Å²) in [4.78, 5) is 36.4. The molecule has 0 saturated carbocycles. The van der Waals surface area contributed by atoms with Crippen LogP contribution < -0.4 is 20.9 Å². The summed E-state index contributed by atoms with van der Waals surface area (Å²) < 4.78 is 6.41. The number of halogens is 1. The van der Waals surface area contributed by atoms with Crippen molar-refractivity contribution in [1.29, 1.82) is 0 Å². The molecule has 0 aromatic heterocycles. The number of anilines is 1. The topological polar surface area (TPSA) is 96.5 Å². The van der Waals surface area contributed by atoms with Gasteiger partial charge in [-0.2, -0.15) is 0 Å². The van der Waals surface area contributed by atoms with E-state index in [2.05, 4.69) is 39.0 Å². The van der Waals surface area contributed by atoms with Crippen molar-refractivity contribution in [3.63, 3.8) is 0 Å². The van der Waals surface area contributed by atoms with Crippen molar-refractivity contribution in [3.05, 3.63) is 57.6 Å². The molecule has 0 spiro atoms. The number of benzene rings is 2. The fourth-order valence-corrected chi connectivity index (χ4v) is 3.49. The molecule has 33 heavy (non-hydrogen) atoms. The van der Waals surface area contributed by atoms with Gasteiger partial charge in [-0.25, -0.2) is 0 Å². The lowest BCUT2D eigenvalue weighted by Gasteiger charge is -2.11. The Morgan fingerprint density at radius 3 is 2.33 bits per heavy atom. The Kier molecular flexibility index (Phi) is 10.9. The molecule has 0 radical (unpaired) electrons. The molecule has 178 valence electrons. The Labute approximate surface area is 203 Å². The predicted molar refractivity (Wildman–Crippen MR) is 133 cm³/mol. The van der Waals surface area contributed by atoms with Gasteiger partial charge in [0.1, 0.15) is 5.75 Å². The van der Waals surface area contributed by atoms with Crippen LogP contribution in [-0.2, 0) is 9.59 Å². The minimum atomic E-state index is -0.460. The summed E-state index contributed by atoms with van der Waals surface area (Å²) >= 11 is 3.42. The average molecular weight is 518 g/mol. The van der Waals surface area contributed by atoms with Crippen molar-refractivity contribution in [2.45, 2.75) is 59.3 Å². The van der Waals surface area contributed by atoms with Gasteiger partial charge < -0.3 is 10.1 Å².